The van der Waals surface area contributed by atoms with Crippen molar-refractivity contribution in [2.45, 2.75) is 32.8 Å². The normalized spacial score (nSPS) is 25.9. The third-order valence-electron chi connectivity index (χ3n) is 2.53. The largest absolute Gasteiger partial charge is 0.396 e. The van der Waals surface area contributed by atoms with E-state index in [1.165, 1.54) is 5.57 Å². The first-order valence-corrected chi connectivity index (χ1v) is 4.45. The summed E-state index contributed by atoms with van der Waals surface area (Å²) in [5, 5.41) is 9.12. The smallest absolute Gasteiger partial charge is 0.0684 e. The molecule has 1 saturated heterocycles. The van der Waals surface area contributed by atoms with Gasteiger partial charge in [-0.25, -0.2) is 0 Å². The first-order chi connectivity index (χ1) is 5.56. The highest BCUT2D eigenvalue weighted by atomic mass is 16.5. The molecule has 1 atom stereocenters. The van der Waals surface area contributed by atoms with Gasteiger partial charge in [-0.05, 0) is 12.8 Å². The van der Waals surface area contributed by atoms with Gasteiger partial charge in [-0.2, -0.15) is 0 Å². The first kappa shape index (κ1) is 9.75. The Hall–Kier alpha value is -0.340. The van der Waals surface area contributed by atoms with Crippen LogP contribution in [0.5, 0.6) is 0 Å². The molecule has 0 radical (unpaired) electrons. The second-order valence-electron chi connectivity index (χ2n) is 4.21. The summed E-state index contributed by atoms with van der Waals surface area (Å²) < 4.78 is 5.58. The lowest BCUT2D eigenvalue weighted by molar-refractivity contribution is -0.0598. The summed E-state index contributed by atoms with van der Waals surface area (Å²) in [5.41, 5.74) is 1.11. The van der Waals surface area contributed by atoms with Crippen LogP contribution in [-0.4, -0.2) is 24.4 Å². The maximum absolute atomic E-state index is 9.12. The average molecular weight is 170 g/mol. The molecule has 0 saturated carbocycles. The molecular weight excluding hydrogens is 152 g/mol. The van der Waals surface area contributed by atoms with Gasteiger partial charge in [-0.1, -0.05) is 26.0 Å². The summed E-state index contributed by atoms with van der Waals surface area (Å²) in [6.07, 6.45) is 2.01. The molecule has 1 aliphatic rings. The zero-order valence-electron chi connectivity index (χ0n) is 7.97. The van der Waals surface area contributed by atoms with Crippen molar-refractivity contribution in [3.8, 4) is 0 Å². The summed E-state index contributed by atoms with van der Waals surface area (Å²) in [5.74, 6) is 0. The van der Waals surface area contributed by atoms with E-state index in [4.69, 9.17) is 9.84 Å². The van der Waals surface area contributed by atoms with Crippen LogP contribution in [0.3, 0.4) is 0 Å². The molecule has 1 N–H and O–H groups in total. The van der Waals surface area contributed by atoms with E-state index >= 15 is 0 Å². The highest BCUT2D eigenvalue weighted by Gasteiger charge is 2.31. The molecule has 2 heteroatoms. The number of ether oxygens (including phenoxy) is 1. The molecule has 70 valence electrons. The quantitative estimate of drug-likeness (QED) is 0.640. The van der Waals surface area contributed by atoms with Gasteiger partial charge < -0.3 is 9.84 Å². The topological polar surface area (TPSA) is 29.5 Å². The fourth-order valence-electron chi connectivity index (χ4n) is 1.37. The molecule has 0 aromatic rings. The van der Waals surface area contributed by atoms with E-state index in [1.54, 1.807) is 0 Å². The zero-order chi connectivity index (χ0) is 9.19. The van der Waals surface area contributed by atoms with Crippen molar-refractivity contribution in [1.29, 1.82) is 0 Å². The van der Waals surface area contributed by atoms with Gasteiger partial charge in [0.15, 0.2) is 0 Å². The Kier molecular flexibility index (Phi) is 2.91. The molecule has 0 aromatic carbocycles. The van der Waals surface area contributed by atoms with E-state index in [0.29, 0.717) is 0 Å². The molecule has 1 heterocycles. The number of hydrogen-bond acceptors (Lipinski definition) is 2. The van der Waals surface area contributed by atoms with Crippen molar-refractivity contribution in [2.75, 3.05) is 13.2 Å². The molecule has 2 nitrogen and oxygen atoms in total. The van der Waals surface area contributed by atoms with Crippen LogP contribution < -0.4 is 0 Å². The molecule has 0 aliphatic carbocycles. The van der Waals surface area contributed by atoms with Crippen LogP contribution in [0.1, 0.15) is 26.7 Å². The van der Waals surface area contributed by atoms with Crippen molar-refractivity contribution in [1.82, 2.24) is 0 Å². The lowest BCUT2D eigenvalue weighted by Gasteiger charge is -2.36. The maximum atomic E-state index is 9.12. The van der Waals surface area contributed by atoms with Crippen molar-refractivity contribution in [2.24, 2.45) is 5.41 Å². The van der Waals surface area contributed by atoms with E-state index in [9.17, 15) is 0 Å². The van der Waals surface area contributed by atoms with E-state index in [-0.39, 0.29) is 18.1 Å². The van der Waals surface area contributed by atoms with Gasteiger partial charge in [-0.3, -0.25) is 0 Å². The second-order valence-corrected chi connectivity index (χ2v) is 4.21. The molecule has 1 fully saturated rings. The van der Waals surface area contributed by atoms with Crippen molar-refractivity contribution in [3.05, 3.63) is 12.2 Å². The monoisotopic (exact) mass is 170 g/mol. The Bertz CT molecular complexity index is 173. The van der Waals surface area contributed by atoms with Gasteiger partial charge in [0.1, 0.15) is 0 Å². The minimum atomic E-state index is -0.136. The molecule has 0 aromatic heterocycles. The summed E-state index contributed by atoms with van der Waals surface area (Å²) >= 11 is 0. The Morgan fingerprint density at radius 2 is 2.33 bits per heavy atom. The van der Waals surface area contributed by atoms with Crippen LogP contribution in [0.15, 0.2) is 12.2 Å². The van der Waals surface area contributed by atoms with E-state index in [0.717, 1.165) is 19.4 Å². The standard InChI is InChI=1S/C10H18O2/c1-8-4-5-12-9(6-8)10(2,3)7-11/h9,11H,1,4-7H2,2-3H3. The van der Waals surface area contributed by atoms with Gasteiger partial charge in [0.05, 0.1) is 19.3 Å². The minimum Gasteiger partial charge on any atom is -0.396 e. The Labute approximate surface area is 74.2 Å². The molecule has 1 unspecified atom stereocenters. The number of aliphatic hydroxyl groups is 1. The van der Waals surface area contributed by atoms with Gasteiger partial charge in [0.25, 0.3) is 0 Å². The Morgan fingerprint density at radius 1 is 1.67 bits per heavy atom. The van der Waals surface area contributed by atoms with Crippen LogP contribution in [0.2, 0.25) is 0 Å². The summed E-state index contributed by atoms with van der Waals surface area (Å²) in [6.45, 7) is 8.93. The summed E-state index contributed by atoms with van der Waals surface area (Å²) in [6, 6.07) is 0. The summed E-state index contributed by atoms with van der Waals surface area (Å²) in [4.78, 5) is 0. The molecule has 0 spiro atoms. The van der Waals surface area contributed by atoms with Crippen molar-refractivity contribution >= 4 is 0 Å². The second kappa shape index (κ2) is 3.58. The van der Waals surface area contributed by atoms with Crippen LogP contribution in [0.4, 0.5) is 0 Å². The SMILES string of the molecule is C=C1CCOC(C(C)(C)CO)C1. The number of rotatable bonds is 2. The molecule has 1 aliphatic heterocycles. The maximum Gasteiger partial charge on any atom is 0.0684 e. The zero-order valence-corrected chi connectivity index (χ0v) is 7.97. The average Bonchev–Trinajstić information content (AvgIpc) is 2.05. The third-order valence-corrected chi connectivity index (χ3v) is 2.53. The molecular formula is C10H18O2. The number of hydrogen-bond donors (Lipinski definition) is 1. The highest BCUT2D eigenvalue weighted by Crippen LogP contribution is 2.31. The molecule has 0 amide bonds. The van der Waals surface area contributed by atoms with Crippen molar-refractivity contribution < 1.29 is 9.84 Å². The van der Waals surface area contributed by atoms with Crippen molar-refractivity contribution in [3.63, 3.8) is 0 Å². The van der Waals surface area contributed by atoms with Gasteiger partial charge in [0, 0.05) is 5.41 Å². The van der Waals surface area contributed by atoms with Gasteiger partial charge >= 0.3 is 0 Å². The molecule has 1 rings (SSSR count). The first-order valence-electron chi connectivity index (χ1n) is 4.45. The van der Waals surface area contributed by atoms with Crippen LogP contribution >= 0.6 is 0 Å². The number of aliphatic hydroxyl groups excluding tert-OH is 1. The molecule has 0 bridgehead atoms. The van der Waals surface area contributed by atoms with Crippen LogP contribution in [0.25, 0.3) is 0 Å². The predicted octanol–water partition coefficient (Wildman–Crippen LogP) is 1.74. The van der Waals surface area contributed by atoms with Gasteiger partial charge in [0.2, 0.25) is 0 Å². The van der Waals surface area contributed by atoms with E-state index in [2.05, 4.69) is 6.58 Å². The summed E-state index contributed by atoms with van der Waals surface area (Å²) in [7, 11) is 0. The van der Waals surface area contributed by atoms with Crippen LogP contribution in [-0.2, 0) is 4.74 Å². The molecule has 12 heavy (non-hydrogen) atoms. The minimum absolute atomic E-state index is 0.136. The third kappa shape index (κ3) is 2.08. The fourth-order valence-corrected chi connectivity index (χ4v) is 1.37. The van der Waals surface area contributed by atoms with E-state index in [1.807, 2.05) is 13.8 Å². The predicted molar refractivity (Wildman–Crippen MR) is 49.0 cm³/mol. The lowest BCUT2D eigenvalue weighted by atomic mass is 9.82. The lowest BCUT2D eigenvalue weighted by Crippen LogP contribution is -2.37. The fraction of sp³-hybridized carbons (Fsp3) is 0.800. The Morgan fingerprint density at radius 3 is 2.83 bits per heavy atom. The van der Waals surface area contributed by atoms with Crippen LogP contribution in [0, 0.1) is 5.41 Å². The Balaban J connectivity index is 2.56. The van der Waals surface area contributed by atoms with E-state index < -0.39 is 0 Å². The highest BCUT2D eigenvalue weighted by molar-refractivity contribution is 5.02. The van der Waals surface area contributed by atoms with Gasteiger partial charge in [-0.15, -0.1) is 0 Å².